The Morgan fingerprint density at radius 1 is 1.18 bits per heavy atom. The van der Waals surface area contributed by atoms with Crippen molar-refractivity contribution in [1.82, 2.24) is 0 Å². The monoisotopic (exact) mass is 335 g/mol. The molecule has 1 atom stereocenters. The molecule has 22 heavy (non-hydrogen) atoms. The summed E-state index contributed by atoms with van der Waals surface area (Å²) in [5, 5.41) is 4.59. The molecule has 0 fully saturated rings. The van der Waals surface area contributed by atoms with Crippen LogP contribution in [0, 0.1) is 0 Å². The van der Waals surface area contributed by atoms with Gasteiger partial charge in [0.2, 0.25) is 0 Å². The van der Waals surface area contributed by atoms with E-state index >= 15 is 0 Å². The molecule has 0 saturated heterocycles. The van der Waals surface area contributed by atoms with Gasteiger partial charge >= 0.3 is 0 Å². The standard InChI is InChI=1S/C15H11Cl2N3O2/c16-11-4-2-5-12(17)14(11)10-3-1-6-13-15(10)22-9(8-21-13)7-19-20-18/h1-6,9H,7-8H2. The zero-order valence-electron chi connectivity index (χ0n) is 11.4. The third kappa shape index (κ3) is 2.79. The van der Waals surface area contributed by atoms with Crippen molar-refractivity contribution in [1.29, 1.82) is 0 Å². The predicted molar refractivity (Wildman–Crippen MR) is 85.8 cm³/mol. The number of para-hydroxylation sites is 1. The van der Waals surface area contributed by atoms with Crippen molar-refractivity contribution in [3.63, 3.8) is 0 Å². The summed E-state index contributed by atoms with van der Waals surface area (Å²) < 4.78 is 11.6. The van der Waals surface area contributed by atoms with Crippen LogP contribution in [0.15, 0.2) is 41.5 Å². The molecule has 0 N–H and O–H groups in total. The highest BCUT2D eigenvalue weighted by Crippen LogP contribution is 2.45. The number of rotatable bonds is 3. The molecule has 1 aliphatic heterocycles. The molecule has 0 spiro atoms. The molecule has 1 heterocycles. The van der Waals surface area contributed by atoms with E-state index in [1.165, 1.54) is 0 Å². The third-order valence-corrected chi connectivity index (χ3v) is 3.90. The minimum Gasteiger partial charge on any atom is -0.486 e. The van der Waals surface area contributed by atoms with E-state index < -0.39 is 0 Å². The zero-order valence-corrected chi connectivity index (χ0v) is 12.9. The van der Waals surface area contributed by atoms with Crippen LogP contribution < -0.4 is 9.47 Å². The molecule has 2 aromatic rings. The van der Waals surface area contributed by atoms with Gasteiger partial charge in [-0.2, -0.15) is 0 Å². The molecule has 0 aromatic heterocycles. The van der Waals surface area contributed by atoms with Gasteiger partial charge < -0.3 is 9.47 Å². The van der Waals surface area contributed by atoms with E-state index in [0.717, 1.165) is 5.56 Å². The van der Waals surface area contributed by atoms with Gasteiger partial charge in [-0.3, -0.25) is 0 Å². The van der Waals surface area contributed by atoms with Gasteiger partial charge in [0.15, 0.2) is 11.5 Å². The van der Waals surface area contributed by atoms with Gasteiger partial charge in [0.25, 0.3) is 0 Å². The number of ether oxygens (including phenoxy) is 2. The summed E-state index contributed by atoms with van der Waals surface area (Å²) in [6.45, 7) is 0.520. The largest absolute Gasteiger partial charge is 0.486 e. The Kier molecular flexibility index (Phi) is 4.29. The summed E-state index contributed by atoms with van der Waals surface area (Å²) >= 11 is 12.6. The van der Waals surface area contributed by atoms with Crippen molar-refractivity contribution < 1.29 is 9.47 Å². The molecule has 112 valence electrons. The van der Waals surface area contributed by atoms with Crippen LogP contribution >= 0.6 is 23.2 Å². The highest BCUT2D eigenvalue weighted by molar-refractivity contribution is 6.39. The van der Waals surface area contributed by atoms with E-state index in [1.54, 1.807) is 18.2 Å². The van der Waals surface area contributed by atoms with Crippen molar-refractivity contribution in [3.05, 3.63) is 56.9 Å². The first kappa shape index (κ1) is 14.9. The summed E-state index contributed by atoms with van der Waals surface area (Å²) in [6.07, 6.45) is -0.342. The van der Waals surface area contributed by atoms with Crippen LogP contribution in [-0.4, -0.2) is 19.3 Å². The number of fused-ring (bicyclic) bond motifs is 1. The average Bonchev–Trinajstić information content (AvgIpc) is 2.53. The van der Waals surface area contributed by atoms with Gasteiger partial charge in [-0.1, -0.05) is 46.5 Å². The van der Waals surface area contributed by atoms with Crippen molar-refractivity contribution in [2.75, 3.05) is 13.2 Å². The summed E-state index contributed by atoms with van der Waals surface area (Å²) in [7, 11) is 0. The Hall–Kier alpha value is -2.07. The maximum absolute atomic E-state index is 8.42. The minimum atomic E-state index is -0.342. The fraction of sp³-hybridized carbons (Fsp3) is 0.200. The first-order valence-electron chi connectivity index (χ1n) is 6.58. The number of benzene rings is 2. The Morgan fingerprint density at radius 3 is 2.64 bits per heavy atom. The molecule has 0 bridgehead atoms. The zero-order chi connectivity index (χ0) is 15.5. The molecule has 7 heteroatoms. The Bertz CT molecular complexity index is 740. The SMILES string of the molecule is [N-]=[N+]=NCC1COc2cccc(-c3c(Cl)cccc3Cl)c2O1. The third-order valence-electron chi connectivity index (χ3n) is 3.27. The molecule has 0 radical (unpaired) electrons. The van der Waals surface area contributed by atoms with Gasteiger partial charge in [-0.25, -0.2) is 0 Å². The fourth-order valence-electron chi connectivity index (χ4n) is 2.30. The van der Waals surface area contributed by atoms with Crippen LogP contribution in [0.3, 0.4) is 0 Å². The Balaban J connectivity index is 2.06. The Labute approximate surface area is 137 Å². The number of nitrogens with zero attached hydrogens (tertiary/aromatic N) is 3. The minimum absolute atomic E-state index is 0.195. The van der Waals surface area contributed by atoms with E-state index in [9.17, 15) is 0 Å². The van der Waals surface area contributed by atoms with Crippen molar-refractivity contribution in [3.8, 4) is 22.6 Å². The predicted octanol–water partition coefficient (Wildman–Crippen LogP) is 5.11. The molecule has 2 aromatic carbocycles. The van der Waals surface area contributed by atoms with Crippen LogP contribution in [-0.2, 0) is 0 Å². The highest BCUT2D eigenvalue weighted by atomic mass is 35.5. The number of azide groups is 1. The van der Waals surface area contributed by atoms with E-state index in [1.807, 2.05) is 18.2 Å². The van der Waals surface area contributed by atoms with Crippen molar-refractivity contribution >= 4 is 23.2 Å². The lowest BCUT2D eigenvalue weighted by molar-refractivity contribution is 0.0977. The first-order valence-corrected chi connectivity index (χ1v) is 7.34. The molecule has 0 saturated carbocycles. The van der Waals surface area contributed by atoms with Crippen LogP contribution in [0.4, 0.5) is 0 Å². The summed E-state index contributed by atoms with van der Waals surface area (Å²) in [4.78, 5) is 2.74. The normalized spacial score (nSPS) is 16.0. The summed E-state index contributed by atoms with van der Waals surface area (Å²) in [5.74, 6) is 1.17. The second-order valence-corrected chi connectivity index (χ2v) is 5.51. The van der Waals surface area contributed by atoms with Gasteiger partial charge in [0.1, 0.15) is 12.7 Å². The quantitative estimate of drug-likeness (QED) is 0.444. The van der Waals surface area contributed by atoms with Crippen LogP contribution in [0.2, 0.25) is 10.0 Å². The van der Waals surface area contributed by atoms with Gasteiger partial charge in [-0.05, 0) is 23.7 Å². The van der Waals surface area contributed by atoms with E-state index in [4.69, 9.17) is 38.2 Å². The second-order valence-electron chi connectivity index (χ2n) is 4.69. The Morgan fingerprint density at radius 2 is 1.91 bits per heavy atom. The van der Waals surface area contributed by atoms with Crippen LogP contribution in [0.1, 0.15) is 0 Å². The van der Waals surface area contributed by atoms with Crippen LogP contribution in [0.5, 0.6) is 11.5 Å². The summed E-state index contributed by atoms with van der Waals surface area (Å²) in [5.41, 5.74) is 9.86. The maximum atomic E-state index is 8.42. The average molecular weight is 336 g/mol. The molecule has 3 rings (SSSR count). The molecule has 1 aliphatic rings. The smallest absolute Gasteiger partial charge is 0.169 e. The topological polar surface area (TPSA) is 67.2 Å². The van der Waals surface area contributed by atoms with Crippen LogP contribution in [0.25, 0.3) is 21.6 Å². The van der Waals surface area contributed by atoms with Crippen molar-refractivity contribution in [2.45, 2.75) is 6.10 Å². The van der Waals surface area contributed by atoms with Gasteiger partial charge in [0.05, 0.1) is 16.6 Å². The first-order chi connectivity index (χ1) is 10.7. The summed E-state index contributed by atoms with van der Waals surface area (Å²) in [6, 6.07) is 10.8. The number of hydrogen-bond acceptors (Lipinski definition) is 3. The van der Waals surface area contributed by atoms with E-state index in [0.29, 0.717) is 33.7 Å². The van der Waals surface area contributed by atoms with Gasteiger partial charge in [-0.15, -0.1) is 0 Å². The lowest BCUT2D eigenvalue weighted by atomic mass is 10.0. The van der Waals surface area contributed by atoms with E-state index in [2.05, 4.69) is 10.0 Å². The molecular formula is C15H11Cl2N3O2. The lowest BCUT2D eigenvalue weighted by Gasteiger charge is -2.27. The second kappa shape index (κ2) is 6.36. The maximum Gasteiger partial charge on any atom is 0.169 e. The van der Waals surface area contributed by atoms with E-state index in [-0.39, 0.29) is 12.6 Å². The number of hydrogen-bond donors (Lipinski definition) is 0. The molecule has 0 aliphatic carbocycles. The fourth-order valence-corrected chi connectivity index (χ4v) is 2.91. The number of halogens is 2. The van der Waals surface area contributed by atoms with Crippen molar-refractivity contribution in [2.24, 2.45) is 5.11 Å². The lowest BCUT2D eigenvalue weighted by Crippen LogP contribution is -2.31. The van der Waals surface area contributed by atoms with Gasteiger partial charge in [0, 0.05) is 16.0 Å². The highest BCUT2D eigenvalue weighted by Gasteiger charge is 2.25. The molecule has 1 unspecified atom stereocenters. The molecule has 5 nitrogen and oxygen atoms in total. The molecular weight excluding hydrogens is 325 g/mol. The molecule has 0 amide bonds.